The summed E-state index contributed by atoms with van der Waals surface area (Å²) >= 11 is 0. The lowest BCUT2D eigenvalue weighted by Crippen LogP contribution is -2.39. The summed E-state index contributed by atoms with van der Waals surface area (Å²) in [5, 5.41) is 18.1. The molecular formula is C13H29NO2. The van der Waals surface area contributed by atoms with E-state index in [0.29, 0.717) is 19.1 Å². The van der Waals surface area contributed by atoms with Crippen LogP contribution in [-0.2, 0) is 0 Å². The van der Waals surface area contributed by atoms with Gasteiger partial charge in [0.25, 0.3) is 0 Å². The maximum atomic E-state index is 9.04. The highest BCUT2D eigenvalue weighted by Crippen LogP contribution is 2.15. The molecule has 3 nitrogen and oxygen atoms in total. The second-order valence-corrected chi connectivity index (χ2v) is 4.42. The molecule has 0 saturated carbocycles. The smallest absolute Gasteiger partial charge is 0.0558 e. The van der Waals surface area contributed by atoms with E-state index in [1.807, 2.05) is 0 Å². The van der Waals surface area contributed by atoms with E-state index in [1.54, 1.807) is 0 Å². The van der Waals surface area contributed by atoms with Crippen LogP contribution in [0.5, 0.6) is 0 Å². The molecule has 0 heterocycles. The molecule has 0 aromatic carbocycles. The van der Waals surface area contributed by atoms with Gasteiger partial charge in [0.2, 0.25) is 0 Å². The lowest BCUT2D eigenvalue weighted by molar-refractivity contribution is 0.109. The Bertz CT molecular complexity index is 128. The Labute approximate surface area is 100 Å². The Morgan fingerprint density at radius 3 is 1.62 bits per heavy atom. The second-order valence-electron chi connectivity index (χ2n) is 4.42. The average Bonchev–Trinajstić information content (AvgIpc) is 2.29. The van der Waals surface area contributed by atoms with E-state index >= 15 is 0 Å². The molecular weight excluding hydrogens is 202 g/mol. The summed E-state index contributed by atoms with van der Waals surface area (Å²) in [6, 6.07) is 0.541. The van der Waals surface area contributed by atoms with E-state index in [-0.39, 0.29) is 13.2 Å². The van der Waals surface area contributed by atoms with E-state index in [0.717, 1.165) is 0 Å². The number of unbranched alkanes of at least 4 members (excludes halogenated alkanes) is 2. The Morgan fingerprint density at radius 2 is 1.31 bits per heavy atom. The van der Waals surface area contributed by atoms with Crippen LogP contribution in [0.3, 0.4) is 0 Å². The second kappa shape index (κ2) is 11.4. The van der Waals surface area contributed by atoms with Crippen molar-refractivity contribution in [3.63, 3.8) is 0 Å². The van der Waals surface area contributed by atoms with Crippen molar-refractivity contribution in [2.75, 3.05) is 26.3 Å². The molecule has 0 radical (unpaired) electrons. The zero-order valence-corrected chi connectivity index (χ0v) is 11.0. The number of aliphatic hydroxyl groups is 2. The van der Waals surface area contributed by atoms with Crippen molar-refractivity contribution < 1.29 is 10.2 Å². The van der Waals surface area contributed by atoms with Gasteiger partial charge in [-0.2, -0.15) is 0 Å². The average molecular weight is 231 g/mol. The van der Waals surface area contributed by atoms with Crippen molar-refractivity contribution in [1.82, 2.24) is 4.90 Å². The fraction of sp³-hybridized carbons (Fsp3) is 1.00. The summed E-state index contributed by atoms with van der Waals surface area (Å²) in [6.45, 7) is 6.18. The van der Waals surface area contributed by atoms with Crippen molar-refractivity contribution in [3.8, 4) is 0 Å². The summed E-state index contributed by atoms with van der Waals surface area (Å²) in [5.74, 6) is 0. The largest absolute Gasteiger partial charge is 0.395 e. The first-order chi connectivity index (χ1) is 7.79. The zero-order valence-electron chi connectivity index (χ0n) is 11.0. The molecule has 0 aliphatic rings. The van der Waals surface area contributed by atoms with Gasteiger partial charge in [-0.1, -0.05) is 39.5 Å². The number of aliphatic hydroxyl groups excluding tert-OH is 2. The highest BCUT2D eigenvalue weighted by molar-refractivity contribution is 4.71. The van der Waals surface area contributed by atoms with E-state index in [2.05, 4.69) is 18.7 Å². The van der Waals surface area contributed by atoms with Gasteiger partial charge in [0.15, 0.2) is 0 Å². The molecule has 16 heavy (non-hydrogen) atoms. The molecule has 98 valence electrons. The predicted molar refractivity (Wildman–Crippen MR) is 68.6 cm³/mol. The van der Waals surface area contributed by atoms with Crippen molar-refractivity contribution in [1.29, 1.82) is 0 Å². The zero-order chi connectivity index (χ0) is 12.2. The van der Waals surface area contributed by atoms with Crippen molar-refractivity contribution in [2.24, 2.45) is 0 Å². The van der Waals surface area contributed by atoms with Crippen molar-refractivity contribution in [2.45, 2.75) is 58.4 Å². The molecule has 0 saturated heterocycles. The fourth-order valence-corrected chi connectivity index (χ4v) is 2.12. The minimum absolute atomic E-state index is 0.189. The van der Waals surface area contributed by atoms with Crippen LogP contribution >= 0.6 is 0 Å². The summed E-state index contributed by atoms with van der Waals surface area (Å²) in [7, 11) is 0. The van der Waals surface area contributed by atoms with E-state index in [1.165, 1.54) is 38.5 Å². The Hall–Kier alpha value is -0.120. The van der Waals surface area contributed by atoms with E-state index in [4.69, 9.17) is 10.2 Å². The molecule has 0 aliphatic heterocycles. The fourth-order valence-electron chi connectivity index (χ4n) is 2.12. The number of hydrogen-bond donors (Lipinski definition) is 2. The summed E-state index contributed by atoms with van der Waals surface area (Å²) in [4.78, 5) is 2.24. The summed E-state index contributed by atoms with van der Waals surface area (Å²) < 4.78 is 0. The lowest BCUT2D eigenvalue weighted by atomic mass is 10.0. The molecule has 2 N–H and O–H groups in total. The number of hydrogen-bond acceptors (Lipinski definition) is 3. The first-order valence-corrected chi connectivity index (χ1v) is 6.75. The highest BCUT2D eigenvalue weighted by atomic mass is 16.3. The van der Waals surface area contributed by atoms with Crippen LogP contribution in [0, 0.1) is 0 Å². The van der Waals surface area contributed by atoms with Gasteiger partial charge in [0, 0.05) is 19.1 Å². The van der Waals surface area contributed by atoms with Gasteiger partial charge in [-0.3, -0.25) is 4.90 Å². The van der Waals surface area contributed by atoms with Crippen LogP contribution in [0.25, 0.3) is 0 Å². The Morgan fingerprint density at radius 1 is 0.875 bits per heavy atom. The third-order valence-electron chi connectivity index (χ3n) is 3.07. The lowest BCUT2D eigenvalue weighted by Gasteiger charge is -2.30. The molecule has 0 amide bonds. The molecule has 0 fully saturated rings. The van der Waals surface area contributed by atoms with Crippen LogP contribution in [0.15, 0.2) is 0 Å². The first-order valence-electron chi connectivity index (χ1n) is 6.75. The first kappa shape index (κ1) is 15.9. The molecule has 0 aliphatic carbocycles. The van der Waals surface area contributed by atoms with Crippen LogP contribution in [0.4, 0.5) is 0 Å². The van der Waals surface area contributed by atoms with Gasteiger partial charge in [-0.15, -0.1) is 0 Å². The van der Waals surface area contributed by atoms with Crippen molar-refractivity contribution in [3.05, 3.63) is 0 Å². The molecule has 0 atom stereocenters. The number of nitrogens with zero attached hydrogens (tertiary/aromatic N) is 1. The molecule has 0 aromatic rings. The van der Waals surface area contributed by atoms with Crippen molar-refractivity contribution >= 4 is 0 Å². The monoisotopic (exact) mass is 231 g/mol. The summed E-state index contributed by atoms with van der Waals surface area (Å²) in [5.41, 5.74) is 0. The number of rotatable bonds is 11. The molecule has 0 aromatic heterocycles. The standard InChI is InChI=1S/C13H29NO2/c1-3-5-7-13(8-6-4-2)14(9-11-15)10-12-16/h13,15-16H,3-12H2,1-2H3. The predicted octanol–water partition coefficient (Wildman–Crippen LogP) is 2.02. The Balaban J connectivity index is 4.15. The third kappa shape index (κ3) is 7.20. The van der Waals surface area contributed by atoms with Crippen LogP contribution in [-0.4, -0.2) is 47.5 Å². The minimum atomic E-state index is 0.189. The molecule has 0 spiro atoms. The maximum Gasteiger partial charge on any atom is 0.0558 e. The van der Waals surface area contributed by atoms with Gasteiger partial charge in [0.1, 0.15) is 0 Å². The van der Waals surface area contributed by atoms with E-state index < -0.39 is 0 Å². The third-order valence-corrected chi connectivity index (χ3v) is 3.07. The highest BCUT2D eigenvalue weighted by Gasteiger charge is 2.16. The van der Waals surface area contributed by atoms with E-state index in [9.17, 15) is 0 Å². The van der Waals surface area contributed by atoms with Gasteiger partial charge in [0.05, 0.1) is 13.2 Å². The quantitative estimate of drug-likeness (QED) is 0.572. The summed E-state index contributed by atoms with van der Waals surface area (Å²) in [6.07, 6.45) is 7.29. The SMILES string of the molecule is CCCCC(CCCC)N(CCO)CCO. The molecule has 3 heteroatoms. The maximum absolute atomic E-state index is 9.04. The molecule has 0 rings (SSSR count). The van der Waals surface area contributed by atoms with Gasteiger partial charge >= 0.3 is 0 Å². The topological polar surface area (TPSA) is 43.7 Å². The molecule has 0 bridgehead atoms. The minimum Gasteiger partial charge on any atom is -0.395 e. The molecule has 0 unspecified atom stereocenters. The van der Waals surface area contributed by atoms with Gasteiger partial charge in [-0.05, 0) is 12.8 Å². The van der Waals surface area contributed by atoms with Crippen LogP contribution in [0.2, 0.25) is 0 Å². The van der Waals surface area contributed by atoms with Gasteiger partial charge in [-0.25, -0.2) is 0 Å². The van der Waals surface area contributed by atoms with Gasteiger partial charge < -0.3 is 10.2 Å². The normalized spacial score (nSPS) is 11.6. The van der Waals surface area contributed by atoms with Crippen LogP contribution in [0.1, 0.15) is 52.4 Å². The van der Waals surface area contributed by atoms with Crippen LogP contribution < -0.4 is 0 Å². The Kier molecular flexibility index (Phi) is 11.3.